The van der Waals surface area contributed by atoms with Crippen LogP contribution in [0.5, 0.6) is 0 Å². The highest BCUT2D eigenvalue weighted by Crippen LogP contribution is 2.73. The molecule has 0 bridgehead atoms. The monoisotopic (exact) mass is 302 g/mol. The Balaban J connectivity index is 1.76. The predicted octanol–water partition coefficient (Wildman–Crippen LogP) is 5.21. The molecule has 0 aromatic rings. The van der Waals surface area contributed by atoms with Crippen LogP contribution in [0.25, 0.3) is 0 Å². The molecule has 0 aromatic carbocycles. The van der Waals surface area contributed by atoms with Crippen LogP contribution >= 0.6 is 0 Å². The van der Waals surface area contributed by atoms with Crippen molar-refractivity contribution in [1.82, 2.24) is 0 Å². The van der Waals surface area contributed by atoms with Crippen molar-refractivity contribution in [2.75, 3.05) is 0 Å². The van der Waals surface area contributed by atoms with Gasteiger partial charge < -0.3 is 5.11 Å². The summed E-state index contributed by atoms with van der Waals surface area (Å²) in [5, 5.41) is 8.89. The van der Waals surface area contributed by atoms with E-state index in [4.69, 9.17) is 5.11 Å². The van der Waals surface area contributed by atoms with Gasteiger partial charge in [-0.1, -0.05) is 31.6 Å². The second kappa shape index (κ2) is 5.25. The van der Waals surface area contributed by atoms with Crippen LogP contribution in [-0.4, -0.2) is 11.1 Å². The molecule has 3 rings (SSSR count). The third kappa shape index (κ3) is 2.45. The lowest BCUT2D eigenvalue weighted by molar-refractivity contribution is -0.131. The van der Waals surface area contributed by atoms with Crippen molar-refractivity contribution >= 4 is 5.97 Å². The van der Waals surface area contributed by atoms with Gasteiger partial charge in [0.05, 0.1) is 0 Å². The van der Waals surface area contributed by atoms with Crippen LogP contribution in [0.3, 0.4) is 0 Å². The van der Waals surface area contributed by atoms with Crippen molar-refractivity contribution in [3.05, 3.63) is 23.8 Å². The van der Waals surface area contributed by atoms with Gasteiger partial charge in [0.25, 0.3) is 0 Å². The summed E-state index contributed by atoms with van der Waals surface area (Å²) < 4.78 is 0. The Hall–Kier alpha value is -1.05. The maximum absolute atomic E-state index is 10.8. The van der Waals surface area contributed by atoms with E-state index in [1.807, 2.05) is 6.92 Å². The van der Waals surface area contributed by atoms with E-state index in [9.17, 15) is 4.79 Å². The van der Waals surface area contributed by atoms with E-state index < -0.39 is 5.97 Å². The van der Waals surface area contributed by atoms with Crippen LogP contribution in [0.15, 0.2) is 23.8 Å². The van der Waals surface area contributed by atoms with Gasteiger partial charge in [-0.3, -0.25) is 0 Å². The van der Waals surface area contributed by atoms with Crippen molar-refractivity contribution in [1.29, 1.82) is 0 Å². The lowest BCUT2D eigenvalue weighted by atomic mass is 9.50. The SMILES string of the molecule is C=C1CC[C@@H]2[C@@]3(C)C[C@H]3CC[C@]2(C)C1CCC(C)=CC(=O)O. The van der Waals surface area contributed by atoms with Gasteiger partial charge in [0.1, 0.15) is 0 Å². The van der Waals surface area contributed by atoms with Crippen molar-refractivity contribution in [3.8, 4) is 0 Å². The molecule has 2 heteroatoms. The number of hydrogen-bond acceptors (Lipinski definition) is 1. The highest BCUT2D eigenvalue weighted by molar-refractivity contribution is 5.80. The predicted molar refractivity (Wildman–Crippen MR) is 89.5 cm³/mol. The number of carbonyl (C=O) groups is 1. The standard InChI is InChI=1S/C20H30O2/c1-13(11-18(21)22)5-7-16-14(2)6-8-17-19(16,3)10-9-15-12-20(15,17)4/h11,15-17H,2,5-10,12H2,1,3-4H3,(H,21,22)/t15-,16?,17+,19-,20+/m1/s1. The molecule has 0 saturated heterocycles. The fraction of sp³-hybridized carbons (Fsp3) is 0.750. The number of aliphatic carboxylic acids is 1. The maximum atomic E-state index is 10.8. The molecule has 0 radical (unpaired) electrons. The molecule has 22 heavy (non-hydrogen) atoms. The van der Waals surface area contributed by atoms with Crippen LogP contribution in [-0.2, 0) is 4.79 Å². The number of carboxylic acids is 1. The number of carboxylic acid groups (broad SMARTS) is 1. The summed E-state index contributed by atoms with van der Waals surface area (Å²) in [7, 11) is 0. The first-order valence-corrected chi connectivity index (χ1v) is 8.85. The van der Waals surface area contributed by atoms with E-state index in [-0.39, 0.29) is 0 Å². The molecule has 0 heterocycles. The zero-order chi connectivity index (χ0) is 16.1. The van der Waals surface area contributed by atoms with E-state index in [2.05, 4.69) is 20.4 Å². The molecule has 5 atom stereocenters. The lowest BCUT2D eigenvalue weighted by Gasteiger charge is -2.54. The van der Waals surface area contributed by atoms with Gasteiger partial charge in [0, 0.05) is 6.08 Å². The highest BCUT2D eigenvalue weighted by atomic mass is 16.4. The van der Waals surface area contributed by atoms with Gasteiger partial charge in [-0.25, -0.2) is 4.79 Å². The zero-order valence-corrected chi connectivity index (χ0v) is 14.3. The second-order valence-corrected chi connectivity index (χ2v) is 8.62. The summed E-state index contributed by atoms with van der Waals surface area (Å²) in [5.41, 5.74) is 3.39. The molecule has 122 valence electrons. The van der Waals surface area contributed by atoms with Gasteiger partial charge in [-0.05, 0) is 80.5 Å². The Bertz CT molecular complexity index is 532. The third-order valence-corrected chi connectivity index (χ3v) is 7.32. The van der Waals surface area contributed by atoms with E-state index in [1.165, 1.54) is 43.8 Å². The summed E-state index contributed by atoms with van der Waals surface area (Å²) in [6.45, 7) is 11.4. The number of allylic oxidation sites excluding steroid dienone is 2. The average molecular weight is 302 g/mol. The fourth-order valence-corrected chi connectivity index (χ4v) is 5.98. The number of hydrogen-bond donors (Lipinski definition) is 1. The summed E-state index contributed by atoms with van der Waals surface area (Å²) in [6, 6.07) is 0. The quantitative estimate of drug-likeness (QED) is 0.572. The fourth-order valence-electron chi connectivity index (χ4n) is 5.98. The van der Waals surface area contributed by atoms with Gasteiger partial charge >= 0.3 is 5.97 Å². The molecule has 2 nitrogen and oxygen atoms in total. The Labute approximate surface area is 134 Å². The molecule has 1 unspecified atom stereocenters. The summed E-state index contributed by atoms with van der Waals surface area (Å²) in [6.07, 6.45) is 9.98. The molecular formula is C20H30O2. The van der Waals surface area contributed by atoms with Crippen molar-refractivity contribution in [2.24, 2.45) is 28.6 Å². The van der Waals surface area contributed by atoms with Crippen LogP contribution < -0.4 is 0 Å². The van der Waals surface area contributed by atoms with E-state index >= 15 is 0 Å². The summed E-state index contributed by atoms with van der Waals surface area (Å²) in [4.78, 5) is 10.8. The third-order valence-electron chi connectivity index (χ3n) is 7.32. The first-order chi connectivity index (χ1) is 10.3. The second-order valence-electron chi connectivity index (χ2n) is 8.62. The van der Waals surface area contributed by atoms with Gasteiger partial charge in [-0.2, -0.15) is 0 Å². The van der Waals surface area contributed by atoms with E-state index in [0.29, 0.717) is 16.7 Å². The molecule has 0 spiro atoms. The molecule has 0 aliphatic heterocycles. The van der Waals surface area contributed by atoms with Gasteiger partial charge in [0.2, 0.25) is 0 Å². The first kappa shape index (κ1) is 15.8. The Morgan fingerprint density at radius 1 is 1.36 bits per heavy atom. The van der Waals surface area contributed by atoms with Gasteiger partial charge in [-0.15, -0.1) is 0 Å². The van der Waals surface area contributed by atoms with Crippen LogP contribution in [0, 0.1) is 28.6 Å². The molecule has 3 fully saturated rings. The average Bonchev–Trinajstić information content (AvgIpc) is 3.08. The van der Waals surface area contributed by atoms with Crippen molar-refractivity contribution < 1.29 is 9.90 Å². The minimum atomic E-state index is -0.824. The Morgan fingerprint density at radius 3 is 2.77 bits per heavy atom. The number of rotatable bonds is 4. The Kier molecular flexibility index (Phi) is 3.78. The normalized spacial score (nSPS) is 44.2. The molecule has 1 N–H and O–H groups in total. The molecule has 0 amide bonds. The molecule has 3 saturated carbocycles. The topological polar surface area (TPSA) is 37.3 Å². The molecule has 3 aliphatic carbocycles. The lowest BCUT2D eigenvalue weighted by Crippen LogP contribution is -2.46. The van der Waals surface area contributed by atoms with E-state index in [0.717, 1.165) is 30.3 Å². The maximum Gasteiger partial charge on any atom is 0.328 e. The van der Waals surface area contributed by atoms with E-state index in [1.54, 1.807) is 0 Å². The highest BCUT2D eigenvalue weighted by Gasteiger charge is 2.64. The summed E-state index contributed by atoms with van der Waals surface area (Å²) >= 11 is 0. The summed E-state index contributed by atoms with van der Waals surface area (Å²) in [5.74, 6) is 1.57. The van der Waals surface area contributed by atoms with Crippen LogP contribution in [0.4, 0.5) is 0 Å². The first-order valence-electron chi connectivity index (χ1n) is 8.85. The van der Waals surface area contributed by atoms with Crippen LogP contribution in [0.1, 0.15) is 65.7 Å². The van der Waals surface area contributed by atoms with Gasteiger partial charge in [0.15, 0.2) is 0 Å². The number of fused-ring (bicyclic) bond motifs is 3. The largest absolute Gasteiger partial charge is 0.478 e. The molecule has 3 aliphatic rings. The minimum absolute atomic E-state index is 0.389. The molecular weight excluding hydrogens is 272 g/mol. The minimum Gasteiger partial charge on any atom is -0.478 e. The Morgan fingerprint density at radius 2 is 2.09 bits per heavy atom. The molecule has 0 aromatic heterocycles. The smallest absolute Gasteiger partial charge is 0.328 e. The van der Waals surface area contributed by atoms with Crippen molar-refractivity contribution in [3.63, 3.8) is 0 Å². The van der Waals surface area contributed by atoms with Crippen LogP contribution in [0.2, 0.25) is 0 Å². The zero-order valence-electron chi connectivity index (χ0n) is 14.3. The van der Waals surface area contributed by atoms with Crippen molar-refractivity contribution in [2.45, 2.75) is 65.7 Å².